The van der Waals surface area contributed by atoms with Crippen LogP contribution >= 0.6 is 0 Å². The van der Waals surface area contributed by atoms with Crippen molar-refractivity contribution in [2.75, 3.05) is 6.54 Å². The highest BCUT2D eigenvalue weighted by molar-refractivity contribution is 5.67. The lowest BCUT2D eigenvalue weighted by atomic mass is 10.2. The highest BCUT2D eigenvalue weighted by Crippen LogP contribution is 2.32. The summed E-state index contributed by atoms with van der Waals surface area (Å²) in [7, 11) is 0. The number of carbonyl (C=O) groups is 1. The predicted octanol–water partition coefficient (Wildman–Crippen LogP) is 1.28. The molecule has 0 aromatic heterocycles. The zero-order valence-electron chi connectivity index (χ0n) is 9.04. The summed E-state index contributed by atoms with van der Waals surface area (Å²) in [4.78, 5) is 11.2. The second-order valence-corrected chi connectivity index (χ2v) is 4.79. The SMILES string of the molecule is CC(C)(C)OC(=O)NC[C@H](O)C1CC1. The molecule has 1 aliphatic carbocycles. The normalized spacial score (nSPS) is 18.9. The molecule has 1 atom stereocenters. The first-order valence-corrected chi connectivity index (χ1v) is 5.03. The van der Waals surface area contributed by atoms with E-state index in [0.29, 0.717) is 12.5 Å². The Morgan fingerprint density at radius 2 is 2.14 bits per heavy atom. The molecule has 1 rings (SSSR count). The van der Waals surface area contributed by atoms with Crippen LogP contribution in [-0.2, 0) is 4.74 Å². The summed E-state index contributed by atoms with van der Waals surface area (Å²) in [5, 5.41) is 12.0. The third-order valence-corrected chi connectivity index (χ3v) is 2.02. The lowest BCUT2D eigenvalue weighted by Gasteiger charge is -2.20. The number of amides is 1. The Kier molecular flexibility index (Phi) is 3.37. The molecular weight excluding hydrogens is 182 g/mol. The van der Waals surface area contributed by atoms with Gasteiger partial charge in [0.05, 0.1) is 6.10 Å². The standard InChI is InChI=1S/C10H19NO3/c1-10(2,3)14-9(13)11-6-8(12)7-4-5-7/h7-8,12H,4-6H2,1-3H3,(H,11,13)/t8-/m0/s1. The number of hydrogen-bond acceptors (Lipinski definition) is 3. The minimum Gasteiger partial charge on any atom is -0.444 e. The largest absolute Gasteiger partial charge is 0.444 e. The van der Waals surface area contributed by atoms with Gasteiger partial charge in [0.15, 0.2) is 0 Å². The monoisotopic (exact) mass is 201 g/mol. The molecule has 1 fully saturated rings. The zero-order chi connectivity index (χ0) is 10.8. The molecule has 1 saturated carbocycles. The highest BCUT2D eigenvalue weighted by Gasteiger charge is 2.30. The molecule has 1 amide bonds. The Bertz CT molecular complexity index is 206. The van der Waals surface area contributed by atoms with Crippen LogP contribution < -0.4 is 5.32 Å². The van der Waals surface area contributed by atoms with Gasteiger partial charge in [-0.15, -0.1) is 0 Å². The fourth-order valence-corrected chi connectivity index (χ4v) is 1.15. The molecule has 0 spiro atoms. The molecule has 0 saturated heterocycles. The molecule has 4 heteroatoms. The van der Waals surface area contributed by atoms with Crippen molar-refractivity contribution in [2.45, 2.75) is 45.3 Å². The van der Waals surface area contributed by atoms with E-state index in [0.717, 1.165) is 12.8 Å². The third-order valence-electron chi connectivity index (χ3n) is 2.02. The maximum Gasteiger partial charge on any atom is 0.407 e. The molecule has 0 radical (unpaired) electrons. The van der Waals surface area contributed by atoms with Crippen LogP contribution in [0.5, 0.6) is 0 Å². The van der Waals surface area contributed by atoms with Crippen LogP contribution in [0.1, 0.15) is 33.6 Å². The molecule has 0 aromatic carbocycles. The van der Waals surface area contributed by atoms with Gasteiger partial charge in [0.25, 0.3) is 0 Å². The first kappa shape index (κ1) is 11.3. The lowest BCUT2D eigenvalue weighted by molar-refractivity contribution is 0.0482. The number of hydrogen-bond donors (Lipinski definition) is 2. The van der Waals surface area contributed by atoms with Crippen molar-refractivity contribution in [3.05, 3.63) is 0 Å². The van der Waals surface area contributed by atoms with E-state index >= 15 is 0 Å². The van der Waals surface area contributed by atoms with Crippen LogP contribution in [0.3, 0.4) is 0 Å². The van der Waals surface area contributed by atoms with E-state index in [-0.39, 0.29) is 0 Å². The van der Waals surface area contributed by atoms with Gasteiger partial charge < -0.3 is 15.2 Å². The van der Waals surface area contributed by atoms with Gasteiger partial charge >= 0.3 is 6.09 Å². The molecular formula is C10H19NO3. The van der Waals surface area contributed by atoms with Crippen LogP contribution in [-0.4, -0.2) is 29.4 Å². The molecule has 1 aliphatic rings. The van der Waals surface area contributed by atoms with Gasteiger partial charge in [-0.1, -0.05) is 0 Å². The van der Waals surface area contributed by atoms with E-state index in [1.807, 2.05) is 20.8 Å². The Hall–Kier alpha value is -0.770. The quantitative estimate of drug-likeness (QED) is 0.723. The fraction of sp³-hybridized carbons (Fsp3) is 0.900. The van der Waals surface area contributed by atoms with Crippen molar-refractivity contribution in [3.63, 3.8) is 0 Å². The molecule has 82 valence electrons. The summed E-state index contributed by atoms with van der Waals surface area (Å²) in [5.74, 6) is 0.380. The van der Waals surface area contributed by atoms with Gasteiger partial charge in [-0.25, -0.2) is 4.79 Å². The average Bonchev–Trinajstić information content (AvgIpc) is 2.78. The summed E-state index contributed by atoms with van der Waals surface area (Å²) in [6.07, 6.45) is 1.26. The summed E-state index contributed by atoms with van der Waals surface area (Å²) < 4.78 is 5.03. The van der Waals surface area contributed by atoms with Crippen LogP contribution in [0.4, 0.5) is 4.79 Å². The van der Waals surface area contributed by atoms with Crippen LogP contribution in [0.25, 0.3) is 0 Å². The summed E-state index contributed by atoms with van der Waals surface area (Å²) in [5.41, 5.74) is -0.478. The Morgan fingerprint density at radius 3 is 2.57 bits per heavy atom. The average molecular weight is 201 g/mol. The first-order valence-electron chi connectivity index (χ1n) is 5.03. The number of ether oxygens (including phenoxy) is 1. The van der Waals surface area contributed by atoms with Crippen LogP contribution in [0.2, 0.25) is 0 Å². The Balaban J connectivity index is 2.14. The first-order chi connectivity index (χ1) is 6.38. The van der Waals surface area contributed by atoms with Gasteiger partial charge in [0.1, 0.15) is 5.60 Å². The molecule has 2 N–H and O–H groups in total. The lowest BCUT2D eigenvalue weighted by Crippen LogP contribution is -2.37. The topological polar surface area (TPSA) is 58.6 Å². The van der Waals surface area contributed by atoms with Gasteiger partial charge in [-0.3, -0.25) is 0 Å². The number of aliphatic hydroxyl groups is 1. The number of rotatable bonds is 3. The van der Waals surface area contributed by atoms with E-state index in [2.05, 4.69) is 5.32 Å². The van der Waals surface area contributed by atoms with E-state index in [4.69, 9.17) is 4.74 Å². The number of alkyl carbamates (subject to hydrolysis) is 1. The second kappa shape index (κ2) is 4.17. The van der Waals surface area contributed by atoms with Crippen LogP contribution in [0.15, 0.2) is 0 Å². The second-order valence-electron chi connectivity index (χ2n) is 4.79. The van der Waals surface area contributed by atoms with Gasteiger partial charge in [0, 0.05) is 6.54 Å². The van der Waals surface area contributed by atoms with Crippen molar-refractivity contribution < 1.29 is 14.6 Å². The van der Waals surface area contributed by atoms with Gasteiger partial charge in [-0.2, -0.15) is 0 Å². The van der Waals surface area contributed by atoms with Crippen molar-refractivity contribution >= 4 is 6.09 Å². The smallest absolute Gasteiger partial charge is 0.407 e. The van der Waals surface area contributed by atoms with Gasteiger partial charge in [-0.05, 0) is 39.5 Å². The molecule has 0 heterocycles. The van der Waals surface area contributed by atoms with Crippen molar-refractivity contribution in [1.29, 1.82) is 0 Å². The molecule has 14 heavy (non-hydrogen) atoms. The van der Waals surface area contributed by atoms with E-state index in [1.54, 1.807) is 0 Å². The van der Waals surface area contributed by atoms with Crippen LogP contribution in [0, 0.1) is 5.92 Å². The van der Waals surface area contributed by atoms with Crippen molar-refractivity contribution in [3.8, 4) is 0 Å². The minimum atomic E-state index is -0.478. The van der Waals surface area contributed by atoms with E-state index in [1.165, 1.54) is 0 Å². The van der Waals surface area contributed by atoms with Gasteiger partial charge in [0.2, 0.25) is 0 Å². The maximum absolute atomic E-state index is 11.2. The maximum atomic E-state index is 11.2. The fourth-order valence-electron chi connectivity index (χ4n) is 1.15. The molecule has 0 aromatic rings. The summed E-state index contributed by atoms with van der Waals surface area (Å²) >= 11 is 0. The zero-order valence-corrected chi connectivity index (χ0v) is 9.04. The third kappa shape index (κ3) is 4.46. The van der Waals surface area contributed by atoms with E-state index < -0.39 is 17.8 Å². The number of nitrogens with one attached hydrogen (secondary N) is 1. The molecule has 0 bridgehead atoms. The molecule has 0 unspecified atom stereocenters. The Labute approximate surface area is 84.6 Å². The predicted molar refractivity (Wildman–Crippen MR) is 53.0 cm³/mol. The number of carbonyl (C=O) groups excluding carboxylic acids is 1. The summed E-state index contributed by atoms with van der Waals surface area (Å²) in [6.45, 7) is 5.72. The molecule has 0 aliphatic heterocycles. The molecule has 4 nitrogen and oxygen atoms in total. The van der Waals surface area contributed by atoms with E-state index in [9.17, 15) is 9.90 Å². The van der Waals surface area contributed by atoms with Crippen molar-refractivity contribution in [2.24, 2.45) is 5.92 Å². The highest BCUT2D eigenvalue weighted by atomic mass is 16.6. The Morgan fingerprint density at radius 1 is 1.57 bits per heavy atom. The minimum absolute atomic E-state index is 0.291. The summed E-state index contributed by atoms with van der Waals surface area (Å²) in [6, 6.07) is 0. The number of aliphatic hydroxyl groups excluding tert-OH is 1. The van der Waals surface area contributed by atoms with Crippen molar-refractivity contribution in [1.82, 2.24) is 5.32 Å².